The number of aliphatic carboxylic acids is 1. The maximum Gasteiger partial charge on any atom is 0.332 e. The summed E-state index contributed by atoms with van der Waals surface area (Å²) in [5, 5.41) is 8.97. The normalized spacial score (nSPS) is 42.3. The predicted octanol–water partition coefficient (Wildman–Crippen LogP) is 2.34. The summed E-state index contributed by atoms with van der Waals surface area (Å²) in [4.78, 5) is 10.9. The lowest BCUT2D eigenvalue weighted by molar-refractivity contribution is -0.201. The molecule has 2 spiro atoms. The van der Waals surface area contributed by atoms with Crippen molar-refractivity contribution in [3.8, 4) is 0 Å². The fourth-order valence-corrected chi connectivity index (χ4v) is 4.02. The Labute approximate surface area is 89.8 Å². The molecule has 0 radical (unpaired) electrons. The van der Waals surface area contributed by atoms with E-state index in [1.165, 1.54) is 32.1 Å². The summed E-state index contributed by atoms with van der Waals surface area (Å²) in [7, 11) is 0. The first-order valence-corrected chi connectivity index (χ1v) is 6.08. The SMILES string of the molecule is O=C(O)C1CCC2(CCC23CCCC3)O1. The first kappa shape index (κ1) is 9.64. The highest BCUT2D eigenvalue weighted by molar-refractivity contribution is 5.72. The van der Waals surface area contributed by atoms with Gasteiger partial charge in [-0.3, -0.25) is 0 Å². The molecule has 3 nitrogen and oxygen atoms in total. The van der Waals surface area contributed by atoms with Crippen molar-refractivity contribution < 1.29 is 14.6 Å². The summed E-state index contributed by atoms with van der Waals surface area (Å²) in [5.74, 6) is -0.771. The molecule has 2 atom stereocenters. The second-order valence-corrected chi connectivity index (χ2v) is 5.47. The predicted molar refractivity (Wildman–Crippen MR) is 54.6 cm³/mol. The Hall–Kier alpha value is -0.570. The van der Waals surface area contributed by atoms with E-state index in [2.05, 4.69) is 0 Å². The maximum absolute atomic E-state index is 10.9. The smallest absolute Gasteiger partial charge is 0.332 e. The molecule has 3 rings (SSSR count). The van der Waals surface area contributed by atoms with Crippen LogP contribution in [-0.2, 0) is 9.53 Å². The number of hydrogen-bond acceptors (Lipinski definition) is 2. The van der Waals surface area contributed by atoms with Crippen LogP contribution in [0.4, 0.5) is 0 Å². The lowest BCUT2D eigenvalue weighted by Gasteiger charge is -2.55. The van der Waals surface area contributed by atoms with Crippen LogP contribution >= 0.6 is 0 Å². The Morgan fingerprint density at radius 1 is 1.13 bits per heavy atom. The number of carboxylic acids is 1. The minimum atomic E-state index is -0.771. The summed E-state index contributed by atoms with van der Waals surface area (Å²) >= 11 is 0. The number of hydrogen-bond donors (Lipinski definition) is 1. The van der Waals surface area contributed by atoms with Crippen LogP contribution < -0.4 is 0 Å². The van der Waals surface area contributed by atoms with E-state index in [0.717, 1.165) is 19.3 Å². The standard InChI is InChI=1S/C12H18O3/c13-10(14)9-3-6-12(15-9)8-7-11(12)4-1-2-5-11/h9H,1-8H2,(H,13,14). The molecule has 1 aliphatic heterocycles. The second-order valence-electron chi connectivity index (χ2n) is 5.47. The molecule has 0 aromatic carbocycles. The van der Waals surface area contributed by atoms with E-state index in [-0.39, 0.29) is 5.60 Å². The quantitative estimate of drug-likeness (QED) is 0.722. The molecule has 0 amide bonds. The van der Waals surface area contributed by atoms with Gasteiger partial charge in [0.2, 0.25) is 0 Å². The van der Waals surface area contributed by atoms with E-state index in [0.29, 0.717) is 5.41 Å². The van der Waals surface area contributed by atoms with E-state index in [1.54, 1.807) is 0 Å². The van der Waals surface area contributed by atoms with Gasteiger partial charge in [0.05, 0.1) is 5.60 Å². The van der Waals surface area contributed by atoms with Crippen LogP contribution in [0.5, 0.6) is 0 Å². The zero-order chi connectivity index (χ0) is 10.5. The Kier molecular flexibility index (Phi) is 1.91. The van der Waals surface area contributed by atoms with Crippen LogP contribution in [0.25, 0.3) is 0 Å². The minimum Gasteiger partial charge on any atom is -0.479 e. The van der Waals surface area contributed by atoms with Crippen LogP contribution in [0, 0.1) is 5.41 Å². The Morgan fingerprint density at radius 2 is 1.87 bits per heavy atom. The molecule has 0 aromatic rings. The lowest BCUT2D eigenvalue weighted by atomic mass is 9.54. The molecule has 3 heteroatoms. The molecule has 84 valence electrons. The van der Waals surface area contributed by atoms with Crippen LogP contribution in [0.1, 0.15) is 51.4 Å². The van der Waals surface area contributed by atoms with Crippen molar-refractivity contribution >= 4 is 5.97 Å². The topological polar surface area (TPSA) is 46.5 Å². The Bertz CT molecular complexity index is 293. The summed E-state index contributed by atoms with van der Waals surface area (Å²) in [5.41, 5.74) is 0.337. The molecule has 1 heterocycles. The molecule has 2 saturated carbocycles. The summed E-state index contributed by atoms with van der Waals surface area (Å²) in [6, 6.07) is 0. The molecular weight excluding hydrogens is 192 g/mol. The maximum atomic E-state index is 10.9. The minimum absolute atomic E-state index is 0.0352. The van der Waals surface area contributed by atoms with E-state index >= 15 is 0 Å². The monoisotopic (exact) mass is 210 g/mol. The van der Waals surface area contributed by atoms with Crippen LogP contribution in [0.15, 0.2) is 0 Å². The van der Waals surface area contributed by atoms with Gasteiger partial charge in [-0.1, -0.05) is 12.8 Å². The van der Waals surface area contributed by atoms with Gasteiger partial charge in [-0.25, -0.2) is 4.79 Å². The molecule has 1 N–H and O–H groups in total. The van der Waals surface area contributed by atoms with Gasteiger partial charge in [0.1, 0.15) is 0 Å². The first-order valence-electron chi connectivity index (χ1n) is 6.08. The van der Waals surface area contributed by atoms with Gasteiger partial charge in [-0.15, -0.1) is 0 Å². The average molecular weight is 210 g/mol. The third-order valence-corrected chi connectivity index (χ3v) is 4.99. The second kappa shape index (κ2) is 2.97. The molecule has 1 saturated heterocycles. The number of ether oxygens (including phenoxy) is 1. The van der Waals surface area contributed by atoms with E-state index in [1.807, 2.05) is 0 Å². The van der Waals surface area contributed by atoms with E-state index in [4.69, 9.17) is 9.84 Å². The summed E-state index contributed by atoms with van der Waals surface area (Å²) < 4.78 is 5.88. The van der Waals surface area contributed by atoms with Crippen LogP contribution in [-0.4, -0.2) is 22.8 Å². The zero-order valence-electron chi connectivity index (χ0n) is 9.00. The molecular formula is C12H18O3. The van der Waals surface area contributed by atoms with Gasteiger partial charge in [-0.2, -0.15) is 0 Å². The van der Waals surface area contributed by atoms with Crippen LogP contribution in [0.3, 0.4) is 0 Å². The van der Waals surface area contributed by atoms with Crippen LogP contribution in [0.2, 0.25) is 0 Å². The fraction of sp³-hybridized carbons (Fsp3) is 0.917. The van der Waals surface area contributed by atoms with Gasteiger partial charge in [-0.05, 0) is 43.9 Å². The summed E-state index contributed by atoms with van der Waals surface area (Å²) in [6.45, 7) is 0. The number of carboxylic acid groups (broad SMARTS) is 1. The van der Waals surface area contributed by atoms with Crippen molar-refractivity contribution in [1.29, 1.82) is 0 Å². The molecule has 3 fully saturated rings. The van der Waals surface area contributed by atoms with Crippen molar-refractivity contribution in [2.24, 2.45) is 5.41 Å². The Morgan fingerprint density at radius 3 is 2.33 bits per heavy atom. The molecule has 2 unspecified atom stereocenters. The van der Waals surface area contributed by atoms with Gasteiger partial charge in [0.15, 0.2) is 6.10 Å². The highest BCUT2D eigenvalue weighted by atomic mass is 16.5. The number of fused-ring (bicyclic) bond motifs is 1. The van der Waals surface area contributed by atoms with Gasteiger partial charge < -0.3 is 9.84 Å². The van der Waals surface area contributed by atoms with Gasteiger partial charge in [0.25, 0.3) is 0 Å². The number of rotatable bonds is 1. The Balaban J connectivity index is 1.79. The van der Waals surface area contributed by atoms with Crippen molar-refractivity contribution in [3.05, 3.63) is 0 Å². The fourth-order valence-electron chi connectivity index (χ4n) is 4.02. The van der Waals surface area contributed by atoms with E-state index < -0.39 is 12.1 Å². The third kappa shape index (κ3) is 1.13. The van der Waals surface area contributed by atoms with Gasteiger partial charge >= 0.3 is 5.97 Å². The molecule has 2 aliphatic carbocycles. The molecule has 3 aliphatic rings. The van der Waals surface area contributed by atoms with Crippen molar-refractivity contribution in [2.45, 2.75) is 63.1 Å². The molecule has 0 aromatic heterocycles. The van der Waals surface area contributed by atoms with E-state index in [9.17, 15) is 4.79 Å². The lowest BCUT2D eigenvalue weighted by Crippen LogP contribution is -2.56. The van der Waals surface area contributed by atoms with Crippen molar-refractivity contribution in [2.75, 3.05) is 0 Å². The molecule has 0 bridgehead atoms. The van der Waals surface area contributed by atoms with Gasteiger partial charge in [0, 0.05) is 0 Å². The summed E-state index contributed by atoms with van der Waals surface area (Å²) in [6.07, 6.45) is 8.67. The largest absolute Gasteiger partial charge is 0.479 e. The van der Waals surface area contributed by atoms with Crippen molar-refractivity contribution in [3.63, 3.8) is 0 Å². The highest BCUT2D eigenvalue weighted by Crippen LogP contribution is 2.65. The third-order valence-electron chi connectivity index (χ3n) is 4.99. The average Bonchev–Trinajstić information content (AvgIpc) is 2.86. The number of carbonyl (C=O) groups is 1. The highest BCUT2D eigenvalue weighted by Gasteiger charge is 2.63. The molecule has 15 heavy (non-hydrogen) atoms. The zero-order valence-corrected chi connectivity index (χ0v) is 9.00. The van der Waals surface area contributed by atoms with Crippen molar-refractivity contribution in [1.82, 2.24) is 0 Å². The first-order chi connectivity index (χ1) is 7.18.